The van der Waals surface area contributed by atoms with Crippen LogP contribution in [0.3, 0.4) is 0 Å². The largest absolute Gasteiger partial charge is 0.465 e. The number of amides is 1. The highest BCUT2D eigenvalue weighted by Crippen LogP contribution is 2.19. The van der Waals surface area contributed by atoms with Crippen LogP contribution in [-0.2, 0) is 6.54 Å². The van der Waals surface area contributed by atoms with Crippen molar-refractivity contribution in [2.45, 2.75) is 25.4 Å². The molecule has 0 saturated carbocycles. The Kier molecular flexibility index (Phi) is 3.25. The number of benzene rings is 1. The molecule has 0 bridgehead atoms. The lowest BCUT2D eigenvalue weighted by molar-refractivity contribution is 0.123. The molecule has 0 aliphatic heterocycles. The van der Waals surface area contributed by atoms with Gasteiger partial charge in [-0.3, -0.25) is 0 Å². The first-order valence-corrected chi connectivity index (χ1v) is 5.46. The van der Waals surface area contributed by atoms with E-state index in [9.17, 15) is 9.90 Å². The number of carbonyl (C=O) groups is 1. The molecule has 16 heavy (non-hydrogen) atoms. The normalized spacial score (nSPS) is 15.2. The number of hydrogen-bond acceptors (Lipinski definition) is 1. The third kappa shape index (κ3) is 2.42. The van der Waals surface area contributed by atoms with Crippen LogP contribution in [0.15, 0.2) is 42.5 Å². The predicted molar refractivity (Wildman–Crippen MR) is 62.2 cm³/mol. The molecular formula is C13H15NO2. The number of hydrogen-bond donors (Lipinski definition) is 1. The smallest absolute Gasteiger partial charge is 0.407 e. The van der Waals surface area contributed by atoms with E-state index in [0.29, 0.717) is 6.54 Å². The lowest BCUT2D eigenvalue weighted by atomic mass is 10.1. The van der Waals surface area contributed by atoms with Crippen molar-refractivity contribution in [1.82, 2.24) is 4.90 Å². The Morgan fingerprint density at radius 1 is 1.25 bits per heavy atom. The fourth-order valence-corrected chi connectivity index (χ4v) is 1.99. The van der Waals surface area contributed by atoms with Crippen LogP contribution < -0.4 is 0 Å². The lowest BCUT2D eigenvalue weighted by Gasteiger charge is -2.26. The molecule has 0 aromatic heterocycles. The summed E-state index contributed by atoms with van der Waals surface area (Å²) in [7, 11) is 0. The number of rotatable bonds is 3. The van der Waals surface area contributed by atoms with E-state index in [-0.39, 0.29) is 6.04 Å². The van der Waals surface area contributed by atoms with E-state index in [1.807, 2.05) is 42.5 Å². The van der Waals surface area contributed by atoms with Crippen molar-refractivity contribution in [2.75, 3.05) is 0 Å². The summed E-state index contributed by atoms with van der Waals surface area (Å²) in [6.07, 6.45) is 4.92. The van der Waals surface area contributed by atoms with Crippen molar-refractivity contribution in [3.63, 3.8) is 0 Å². The van der Waals surface area contributed by atoms with Crippen LogP contribution in [0.2, 0.25) is 0 Å². The average molecular weight is 217 g/mol. The predicted octanol–water partition coefficient (Wildman–Crippen LogP) is 2.89. The van der Waals surface area contributed by atoms with Gasteiger partial charge in [-0.2, -0.15) is 0 Å². The summed E-state index contributed by atoms with van der Waals surface area (Å²) in [4.78, 5) is 12.7. The summed E-state index contributed by atoms with van der Waals surface area (Å²) in [6, 6.07) is 9.82. The minimum absolute atomic E-state index is 0.109. The van der Waals surface area contributed by atoms with Gasteiger partial charge in [-0.25, -0.2) is 4.79 Å². The Balaban J connectivity index is 2.06. The van der Waals surface area contributed by atoms with E-state index < -0.39 is 6.09 Å². The highest BCUT2D eigenvalue weighted by molar-refractivity contribution is 5.65. The van der Waals surface area contributed by atoms with Crippen molar-refractivity contribution < 1.29 is 9.90 Å². The van der Waals surface area contributed by atoms with Gasteiger partial charge in [0.1, 0.15) is 0 Å². The van der Waals surface area contributed by atoms with Crippen LogP contribution in [0, 0.1) is 0 Å². The molecule has 0 heterocycles. The quantitative estimate of drug-likeness (QED) is 0.791. The highest BCUT2D eigenvalue weighted by Gasteiger charge is 2.23. The molecule has 0 fully saturated rings. The summed E-state index contributed by atoms with van der Waals surface area (Å²) in [5.74, 6) is 0. The molecule has 2 rings (SSSR count). The average Bonchev–Trinajstić information content (AvgIpc) is 2.80. The first kappa shape index (κ1) is 10.7. The Labute approximate surface area is 95.0 Å². The van der Waals surface area contributed by atoms with Gasteiger partial charge >= 0.3 is 6.09 Å². The zero-order chi connectivity index (χ0) is 11.4. The van der Waals surface area contributed by atoms with Crippen molar-refractivity contribution >= 4 is 6.09 Å². The van der Waals surface area contributed by atoms with Gasteiger partial charge in [0, 0.05) is 12.6 Å². The van der Waals surface area contributed by atoms with Gasteiger partial charge in [-0.1, -0.05) is 42.5 Å². The first-order valence-electron chi connectivity index (χ1n) is 5.46. The van der Waals surface area contributed by atoms with E-state index in [1.165, 1.54) is 4.90 Å². The Morgan fingerprint density at radius 2 is 1.88 bits per heavy atom. The van der Waals surface area contributed by atoms with Gasteiger partial charge in [0.2, 0.25) is 0 Å². The van der Waals surface area contributed by atoms with Gasteiger partial charge in [0.25, 0.3) is 0 Å². The van der Waals surface area contributed by atoms with Crippen LogP contribution in [-0.4, -0.2) is 22.1 Å². The molecule has 1 N–H and O–H groups in total. The maximum atomic E-state index is 11.2. The third-order valence-corrected chi connectivity index (χ3v) is 2.87. The zero-order valence-electron chi connectivity index (χ0n) is 9.04. The molecule has 0 radical (unpaired) electrons. The molecule has 0 atom stereocenters. The summed E-state index contributed by atoms with van der Waals surface area (Å²) in [5.41, 5.74) is 1.04. The molecule has 3 nitrogen and oxygen atoms in total. The minimum atomic E-state index is -0.836. The molecule has 1 aromatic carbocycles. The molecule has 0 spiro atoms. The molecule has 1 aliphatic rings. The van der Waals surface area contributed by atoms with E-state index >= 15 is 0 Å². The van der Waals surface area contributed by atoms with Gasteiger partial charge < -0.3 is 10.0 Å². The number of nitrogens with zero attached hydrogens (tertiary/aromatic N) is 1. The fraction of sp³-hybridized carbons (Fsp3) is 0.308. The van der Waals surface area contributed by atoms with Gasteiger partial charge in [-0.15, -0.1) is 0 Å². The van der Waals surface area contributed by atoms with E-state index in [4.69, 9.17) is 0 Å². The zero-order valence-corrected chi connectivity index (χ0v) is 9.04. The van der Waals surface area contributed by atoms with Gasteiger partial charge in [-0.05, 0) is 18.4 Å². The summed E-state index contributed by atoms with van der Waals surface area (Å²) in [6.45, 7) is 0.475. The van der Waals surface area contributed by atoms with Crippen LogP contribution >= 0.6 is 0 Å². The van der Waals surface area contributed by atoms with Crippen LogP contribution in [0.5, 0.6) is 0 Å². The van der Waals surface area contributed by atoms with Crippen LogP contribution in [0.1, 0.15) is 18.4 Å². The van der Waals surface area contributed by atoms with Crippen LogP contribution in [0.25, 0.3) is 0 Å². The SMILES string of the molecule is O=C(O)N(Cc1ccccc1)C1CC=CC1. The van der Waals surface area contributed by atoms with E-state index in [0.717, 1.165) is 18.4 Å². The standard InChI is InChI=1S/C13H15NO2/c15-13(16)14(12-8-4-5-9-12)10-11-6-2-1-3-7-11/h1-7,12H,8-10H2,(H,15,16). The Hall–Kier alpha value is -1.77. The van der Waals surface area contributed by atoms with Crippen molar-refractivity contribution in [3.05, 3.63) is 48.0 Å². The highest BCUT2D eigenvalue weighted by atomic mass is 16.4. The van der Waals surface area contributed by atoms with E-state index in [1.54, 1.807) is 0 Å². The maximum Gasteiger partial charge on any atom is 0.407 e. The third-order valence-electron chi connectivity index (χ3n) is 2.87. The Bertz CT molecular complexity index is 378. The summed E-state index contributed by atoms with van der Waals surface area (Å²) < 4.78 is 0. The van der Waals surface area contributed by atoms with Crippen LogP contribution in [0.4, 0.5) is 4.79 Å². The summed E-state index contributed by atoms with van der Waals surface area (Å²) in [5, 5.41) is 9.19. The van der Waals surface area contributed by atoms with Gasteiger partial charge in [0.05, 0.1) is 0 Å². The second-order valence-corrected chi connectivity index (χ2v) is 3.99. The summed E-state index contributed by atoms with van der Waals surface area (Å²) >= 11 is 0. The monoisotopic (exact) mass is 217 g/mol. The molecule has 1 aliphatic carbocycles. The first-order chi connectivity index (χ1) is 7.77. The van der Waals surface area contributed by atoms with Gasteiger partial charge in [0.15, 0.2) is 0 Å². The molecule has 0 unspecified atom stereocenters. The molecule has 1 aromatic rings. The second-order valence-electron chi connectivity index (χ2n) is 3.99. The second kappa shape index (κ2) is 4.84. The van der Waals surface area contributed by atoms with Crippen molar-refractivity contribution in [1.29, 1.82) is 0 Å². The molecule has 3 heteroatoms. The van der Waals surface area contributed by atoms with Crippen molar-refractivity contribution in [3.8, 4) is 0 Å². The van der Waals surface area contributed by atoms with Crippen molar-refractivity contribution in [2.24, 2.45) is 0 Å². The molecular weight excluding hydrogens is 202 g/mol. The molecule has 84 valence electrons. The number of carboxylic acid groups (broad SMARTS) is 1. The fourth-order valence-electron chi connectivity index (χ4n) is 1.99. The minimum Gasteiger partial charge on any atom is -0.465 e. The lowest BCUT2D eigenvalue weighted by Crippen LogP contribution is -2.37. The molecule has 0 saturated heterocycles. The topological polar surface area (TPSA) is 40.5 Å². The molecule has 1 amide bonds. The van der Waals surface area contributed by atoms with E-state index in [2.05, 4.69) is 0 Å². The maximum absolute atomic E-state index is 11.2. The Morgan fingerprint density at radius 3 is 2.44 bits per heavy atom.